The molecule has 1 saturated heterocycles. The van der Waals surface area contributed by atoms with Crippen molar-refractivity contribution >= 4 is 16.9 Å². The van der Waals surface area contributed by atoms with Crippen LogP contribution in [0.3, 0.4) is 0 Å². The Hall–Kier alpha value is -2.70. The van der Waals surface area contributed by atoms with Crippen molar-refractivity contribution in [3.8, 4) is 5.69 Å². The molecule has 2 atom stereocenters. The number of carbonyl (C=O) groups is 1. The number of likely N-dealkylation sites (tertiary alicyclic amines) is 1. The van der Waals surface area contributed by atoms with Crippen LogP contribution in [0.2, 0.25) is 0 Å². The number of fused-ring (bicyclic) bond motifs is 1. The van der Waals surface area contributed by atoms with Crippen molar-refractivity contribution in [2.75, 3.05) is 20.3 Å². The summed E-state index contributed by atoms with van der Waals surface area (Å²) in [6.45, 7) is 4.90. The van der Waals surface area contributed by atoms with Gasteiger partial charge in [0.25, 0.3) is 5.91 Å². The molecule has 2 heterocycles. The molecular weight excluding hydrogens is 354 g/mol. The number of aliphatic hydroxyl groups excluding tert-OH is 1. The van der Waals surface area contributed by atoms with Gasteiger partial charge in [0, 0.05) is 19.2 Å². The van der Waals surface area contributed by atoms with Crippen molar-refractivity contribution in [1.82, 2.24) is 14.5 Å². The Bertz CT molecular complexity index is 1030. The fraction of sp³-hybridized carbons (Fsp3) is 0.364. The van der Waals surface area contributed by atoms with Gasteiger partial charge < -0.3 is 14.7 Å². The van der Waals surface area contributed by atoms with Gasteiger partial charge in [0.15, 0.2) is 0 Å². The lowest BCUT2D eigenvalue weighted by Gasteiger charge is -2.23. The number of nitrogens with zero attached hydrogens (tertiary/aromatic N) is 3. The molecule has 146 valence electrons. The highest BCUT2D eigenvalue weighted by Gasteiger charge is 2.34. The van der Waals surface area contributed by atoms with Crippen molar-refractivity contribution in [3.63, 3.8) is 0 Å². The van der Waals surface area contributed by atoms with Crippen LogP contribution in [0.25, 0.3) is 16.7 Å². The minimum atomic E-state index is -0.503. The summed E-state index contributed by atoms with van der Waals surface area (Å²) in [6.07, 6.45) is 1.84. The van der Waals surface area contributed by atoms with Crippen LogP contribution in [0, 0.1) is 13.8 Å². The van der Waals surface area contributed by atoms with Crippen molar-refractivity contribution < 1.29 is 14.6 Å². The van der Waals surface area contributed by atoms with Crippen LogP contribution in [0.1, 0.15) is 27.9 Å². The number of aliphatic hydroxyl groups is 1. The molecule has 1 aliphatic heterocycles. The van der Waals surface area contributed by atoms with Crippen LogP contribution < -0.4 is 0 Å². The number of amides is 1. The van der Waals surface area contributed by atoms with Gasteiger partial charge in [-0.25, -0.2) is 4.98 Å². The summed E-state index contributed by atoms with van der Waals surface area (Å²) >= 11 is 0. The Morgan fingerprint density at radius 3 is 2.86 bits per heavy atom. The molecule has 0 radical (unpaired) electrons. The van der Waals surface area contributed by atoms with Gasteiger partial charge >= 0.3 is 0 Å². The highest BCUT2D eigenvalue weighted by atomic mass is 16.5. The zero-order valence-corrected chi connectivity index (χ0v) is 16.4. The second kappa shape index (κ2) is 7.37. The summed E-state index contributed by atoms with van der Waals surface area (Å²) in [6, 6.07) is 11.8. The Morgan fingerprint density at radius 2 is 2.07 bits per heavy atom. The van der Waals surface area contributed by atoms with Crippen molar-refractivity contribution in [1.29, 1.82) is 0 Å². The van der Waals surface area contributed by atoms with Gasteiger partial charge in [0.2, 0.25) is 0 Å². The number of rotatable bonds is 4. The Labute approximate surface area is 164 Å². The summed E-state index contributed by atoms with van der Waals surface area (Å²) in [5, 5.41) is 9.98. The number of hydrogen-bond acceptors (Lipinski definition) is 4. The van der Waals surface area contributed by atoms with Crippen molar-refractivity contribution in [2.24, 2.45) is 0 Å². The molecule has 1 aliphatic rings. The van der Waals surface area contributed by atoms with Crippen LogP contribution in [0.15, 0.2) is 42.7 Å². The summed E-state index contributed by atoms with van der Waals surface area (Å²) in [7, 11) is 1.61. The van der Waals surface area contributed by atoms with Crippen LogP contribution in [0.5, 0.6) is 0 Å². The normalized spacial score (nSPS) is 19.5. The second-order valence-corrected chi connectivity index (χ2v) is 7.56. The highest BCUT2D eigenvalue weighted by molar-refractivity contribution is 5.98. The van der Waals surface area contributed by atoms with E-state index in [0.29, 0.717) is 25.1 Å². The van der Waals surface area contributed by atoms with E-state index in [1.54, 1.807) is 18.3 Å². The zero-order chi connectivity index (χ0) is 19.8. The third-order valence-corrected chi connectivity index (χ3v) is 5.43. The van der Waals surface area contributed by atoms with Crippen LogP contribution in [0.4, 0.5) is 0 Å². The molecule has 4 rings (SSSR count). The summed E-state index contributed by atoms with van der Waals surface area (Å²) < 4.78 is 7.27. The fourth-order valence-electron chi connectivity index (χ4n) is 3.97. The Kier molecular flexibility index (Phi) is 4.91. The maximum Gasteiger partial charge on any atom is 0.254 e. The van der Waals surface area contributed by atoms with Gasteiger partial charge in [-0.15, -0.1) is 0 Å². The maximum atomic E-state index is 13.0. The molecule has 2 aromatic carbocycles. The molecule has 6 heteroatoms. The molecule has 0 aliphatic carbocycles. The van der Waals surface area contributed by atoms with Crippen molar-refractivity contribution in [3.05, 3.63) is 59.4 Å². The van der Waals surface area contributed by atoms with E-state index in [9.17, 15) is 9.90 Å². The lowest BCUT2D eigenvalue weighted by Crippen LogP contribution is -2.38. The predicted octanol–water partition coefficient (Wildman–Crippen LogP) is 2.86. The number of benzene rings is 2. The van der Waals surface area contributed by atoms with Gasteiger partial charge in [-0.2, -0.15) is 0 Å². The third kappa shape index (κ3) is 3.30. The minimum absolute atomic E-state index is 0.0956. The van der Waals surface area contributed by atoms with E-state index in [0.717, 1.165) is 16.7 Å². The Balaban J connectivity index is 1.68. The second-order valence-electron chi connectivity index (χ2n) is 7.56. The number of aromatic nitrogens is 2. The molecule has 1 amide bonds. The number of imidazole rings is 1. The third-order valence-electron chi connectivity index (χ3n) is 5.43. The lowest BCUT2D eigenvalue weighted by molar-refractivity contribution is 0.0622. The average Bonchev–Trinajstić information content (AvgIpc) is 3.26. The summed E-state index contributed by atoms with van der Waals surface area (Å²) in [5.41, 5.74) is 5.75. The highest BCUT2D eigenvalue weighted by Crippen LogP contribution is 2.25. The predicted molar refractivity (Wildman–Crippen MR) is 108 cm³/mol. The molecule has 0 unspecified atom stereocenters. The van der Waals surface area contributed by atoms with Gasteiger partial charge in [0.05, 0.1) is 35.5 Å². The largest absolute Gasteiger partial charge is 0.391 e. The molecule has 6 nitrogen and oxygen atoms in total. The van der Waals surface area contributed by atoms with Crippen LogP contribution >= 0.6 is 0 Å². The molecule has 3 aromatic rings. The molecule has 0 saturated carbocycles. The SMILES string of the molecule is COC[C@H]1C[C@@H](O)CN1C(=O)c1ccc2c(c1)ncn2-c1cc(C)ccc1C. The Morgan fingerprint density at radius 1 is 1.25 bits per heavy atom. The average molecular weight is 379 g/mol. The lowest BCUT2D eigenvalue weighted by atomic mass is 10.1. The number of carbonyl (C=O) groups excluding carboxylic acids is 1. The number of hydrogen-bond donors (Lipinski definition) is 1. The molecule has 0 bridgehead atoms. The number of methoxy groups -OCH3 is 1. The minimum Gasteiger partial charge on any atom is -0.391 e. The molecule has 1 aromatic heterocycles. The van der Waals surface area contributed by atoms with E-state index in [1.807, 2.05) is 18.2 Å². The van der Waals surface area contributed by atoms with Crippen molar-refractivity contribution in [2.45, 2.75) is 32.4 Å². The van der Waals surface area contributed by atoms with Crippen LogP contribution in [-0.4, -0.2) is 57.9 Å². The number of ether oxygens (including phenoxy) is 1. The van der Waals surface area contributed by atoms with Crippen LogP contribution in [-0.2, 0) is 4.74 Å². The molecule has 0 spiro atoms. The van der Waals surface area contributed by atoms with E-state index in [1.165, 1.54) is 11.1 Å². The fourth-order valence-corrected chi connectivity index (χ4v) is 3.97. The molecule has 1 fully saturated rings. The zero-order valence-electron chi connectivity index (χ0n) is 16.4. The summed E-state index contributed by atoms with van der Waals surface area (Å²) in [5.74, 6) is -0.0956. The first kappa shape index (κ1) is 18.7. The number of aryl methyl sites for hydroxylation is 2. The first-order valence-electron chi connectivity index (χ1n) is 9.50. The van der Waals surface area contributed by atoms with Gasteiger partial charge in [0.1, 0.15) is 6.33 Å². The van der Waals surface area contributed by atoms with Gasteiger partial charge in [-0.3, -0.25) is 9.36 Å². The van der Waals surface area contributed by atoms with E-state index >= 15 is 0 Å². The molecule has 28 heavy (non-hydrogen) atoms. The summed E-state index contributed by atoms with van der Waals surface area (Å²) in [4.78, 5) is 19.3. The standard InChI is InChI=1S/C22H25N3O3/c1-14-4-5-15(2)21(8-14)25-13-23-19-9-16(6-7-20(19)25)22(27)24-11-18(26)10-17(24)12-28-3/h4-9,13,17-18,26H,10-12H2,1-3H3/t17-,18-/m1/s1. The van der Waals surface area contributed by atoms with Gasteiger partial charge in [-0.1, -0.05) is 12.1 Å². The van der Waals surface area contributed by atoms with Gasteiger partial charge in [-0.05, 0) is 55.7 Å². The maximum absolute atomic E-state index is 13.0. The monoisotopic (exact) mass is 379 g/mol. The van der Waals surface area contributed by atoms with E-state index in [-0.39, 0.29) is 11.9 Å². The van der Waals surface area contributed by atoms with E-state index in [2.05, 4.69) is 41.6 Å². The van der Waals surface area contributed by atoms with E-state index < -0.39 is 6.10 Å². The first-order valence-corrected chi connectivity index (χ1v) is 9.50. The quantitative estimate of drug-likeness (QED) is 0.757. The van der Waals surface area contributed by atoms with E-state index in [4.69, 9.17) is 4.74 Å². The smallest absolute Gasteiger partial charge is 0.254 e. The molecular formula is C22H25N3O3. The number of β-amino-alcohol motifs (C(OH)–C–C–N with tert-alkyl or cyclic N) is 1. The first-order chi connectivity index (χ1) is 13.5. The topological polar surface area (TPSA) is 67.6 Å². The molecule has 1 N–H and O–H groups in total.